The van der Waals surface area contributed by atoms with Gasteiger partial charge in [0, 0.05) is 6.20 Å². The molecule has 2 nitrogen and oxygen atoms in total. The number of rotatable bonds is 2. The monoisotopic (exact) mass is 253 g/mol. The summed E-state index contributed by atoms with van der Waals surface area (Å²) in [7, 11) is 0. The van der Waals surface area contributed by atoms with E-state index in [4.69, 9.17) is 23.2 Å². The lowest BCUT2D eigenvalue weighted by molar-refractivity contribution is 0.215. The molecule has 1 unspecified atom stereocenters. The minimum atomic E-state index is -0.782. The van der Waals surface area contributed by atoms with Crippen molar-refractivity contribution in [1.82, 2.24) is 4.98 Å². The van der Waals surface area contributed by atoms with Gasteiger partial charge >= 0.3 is 0 Å². The van der Waals surface area contributed by atoms with Crippen LogP contribution in [-0.4, -0.2) is 10.1 Å². The molecule has 1 N–H and O–H groups in total. The van der Waals surface area contributed by atoms with Crippen LogP contribution in [0.3, 0.4) is 0 Å². The molecule has 0 radical (unpaired) electrons. The van der Waals surface area contributed by atoms with Crippen LogP contribution in [0.4, 0.5) is 0 Å². The molecule has 0 aliphatic heterocycles. The molecule has 1 heterocycles. The Morgan fingerprint density at radius 3 is 2.50 bits per heavy atom. The minimum absolute atomic E-state index is 0.425. The lowest BCUT2D eigenvalue weighted by Crippen LogP contribution is -2.01. The highest BCUT2D eigenvalue weighted by Gasteiger charge is 2.12. The first kappa shape index (κ1) is 11.4. The van der Waals surface area contributed by atoms with Crippen molar-refractivity contribution in [2.75, 3.05) is 0 Å². The molecule has 16 heavy (non-hydrogen) atoms. The molecular weight excluding hydrogens is 245 g/mol. The topological polar surface area (TPSA) is 33.1 Å². The van der Waals surface area contributed by atoms with Crippen molar-refractivity contribution < 1.29 is 5.11 Å². The van der Waals surface area contributed by atoms with Gasteiger partial charge in [0.1, 0.15) is 6.10 Å². The maximum absolute atomic E-state index is 10.0. The highest BCUT2D eigenvalue weighted by Crippen LogP contribution is 2.27. The summed E-state index contributed by atoms with van der Waals surface area (Å²) in [5, 5.41) is 10.9. The summed E-state index contributed by atoms with van der Waals surface area (Å²) in [5.41, 5.74) is 1.26. The second-order valence-electron chi connectivity index (χ2n) is 3.33. The van der Waals surface area contributed by atoms with Gasteiger partial charge < -0.3 is 5.11 Å². The molecule has 2 rings (SSSR count). The molecule has 2 aromatic rings. The van der Waals surface area contributed by atoms with E-state index in [9.17, 15) is 5.11 Å². The lowest BCUT2D eigenvalue weighted by Gasteiger charge is -2.10. The Balaban J connectivity index is 2.34. The zero-order valence-corrected chi connectivity index (χ0v) is 9.78. The summed E-state index contributed by atoms with van der Waals surface area (Å²) in [6.45, 7) is 0. The number of pyridine rings is 1. The van der Waals surface area contributed by atoms with Crippen LogP contribution in [0.25, 0.3) is 0 Å². The minimum Gasteiger partial charge on any atom is -0.382 e. The molecule has 0 saturated heterocycles. The third-order valence-corrected chi connectivity index (χ3v) is 2.97. The van der Waals surface area contributed by atoms with Crippen molar-refractivity contribution in [3.8, 4) is 0 Å². The first-order chi connectivity index (χ1) is 7.68. The van der Waals surface area contributed by atoms with E-state index in [1.54, 1.807) is 36.5 Å². The fourth-order valence-corrected chi connectivity index (χ4v) is 1.70. The Kier molecular flexibility index (Phi) is 3.44. The van der Waals surface area contributed by atoms with Crippen LogP contribution in [0.5, 0.6) is 0 Å². The number of halogens is 2. The number of hydrogen-bond donors (Lipinski definition) is 1. The Morgan fingerprint density at radius 2 is 1.88 bits per heavy atom. The molecule has 0 saturated carbocycles. The van der Waals surface area contributed by atoms with Gasteiger partial charge in [0.25, 0.3) is 0 Å². The van der Waals surface area contributed by atoms with E-state index in [1.807, 2.05) is 6.07 Å². The Morgan fingerprint density at radius 1 is 1.06 bits per heavy atom. The van der Waals surface area contributed by atoms with Gasteiger partial charge in [-0.05, 0) is 29.8 Å². The summed E-state index contributed by atoms with van der Waals surface area (Å²) in [6.07, 6.45) is 0.853. The Bertz CT molecular complexity index is 488. The van der Waals surface area contributed by atoms with Crippen LogP contribution in [0.1, 0.15) is 17.4 Å². The first-order valence-electron chi connectivity index (χ1n) is 4.72. The van der Waals surface area contributed by atoms with Crippen LogP contribution >= 0.6 is 23.2 Å². The number of nitrogens with zero attached hydrogens (tertiary/aromatic N) is 1. The number of benzene rings is 1. The number of aliphatic hydroxyl groups excluding tert-OH is 1. The largest absolute Gasteiger partial charge is 0.382 e. The number of aromatic nitrogens is 1. The molecule has 1 atom stereocenters. The highest BCUT2D eigenvalue weighted by molar-refractivity contribution is 6.42. The summed E-state index contributed by atoms with van der Waals surface area (Å²) in [6, 6.07) is 10.4. The van der Waals surface area contributed by atoms with Crippen LogP contribution in [0, 0.1) is 0 Å². The SMILES string of the molecule is OC(c1ccc(Cl)c(Cl)c1)c1ccccn1. The van der Waals surface area contributed by atoms with E-state index < -0.39 is 6.10 Å². The van der Waals surface area contributed by atoms with Gasteiger partial charge in [-0.2, -0.15) is 0 Å². The predicted molar refractivity (Wildman–Crippen MR) is 64.8 cm³/mol. The third kappa shape index (κ3) is 2.35. The van der Waals surface area contributed by atoms with E-state index in [0.29, 0.717) is 21.3 Å². The molecule has 0 spiro atoms. The van der Waals surface area contributed by atoms with Gasteiger partial charge in [-0.3, -0.25) is 4.98 Å². The number of hydrogen-bond acceptors (Lipinski definition) is 2. The zero-order valence-electron chi connectivity index (χ0n) is 8.27. The fraction of sp³-hybridized carbons (Fsp3) is 0.0833. The van der Waals surface area contributed by atoms with Crippen molar-refractivity contribution in [2.24, 2.45) is 0 Å². The molecular formula is C12H9Cl2NO. The maximum Gasteiger partial charge on any atom is 0.121 e. The van der Waals surface area contributed by atoms with Gasteiger partial charge in [-0.25, -0.2) is 0 Å². The lowest BCUT2D eigenvalue weighted by atomic mass is 10.1. The molecule has 1 aromatic heterocycles. The smallest absolute Gasteiger partial charge is 0.121 e. The van der Waals surface area contributed by atoms with Crippen molar-refractivity contribution in [2.45, 2.75) is 6.10 Å². The summed E-state index contributed by atoms with van der Waals surface area (Å²) in [5.74, 6) is 0. The van der Waals surface area contributed by atoms with E-state index >= 15 is 0 Å². The molecule has 82 valence electrons. The van der Waals surface area contributed by atoms with Crippen LogP contribution in [0.2, 0.25) is 10.0 Å². The van der Waals surface area contributed by atoms with Crippen LogP contribution < -0.4 is 0 Å². The van der Waals surface area contributed by atoms with Crippen molar-refractivity contribution in [3.05, 3.63) is 63.9 Å². The highest BCUT2D eigenvalue weighted by atomic mass is 35.5. The van der Waals surface area contributed by atoms with Crippen LogP contribution in [0.15, 0.2) is 42.6 Å². The van der Waals surface area contributed by atoms with E-state index in [0.717, 1.165) is 0 Å². The quantitative estimate of drug-likeness (QED) is 0.890. The van der Waals surface area contributed by atoms with Gasteiger partial charge in [0.05, 0.1) is 15.7 Å². The average Bonchev–Trinajstić information content (AvgIpc) is 2.33. The molecule has 0 aliphatic rings. The Labute approximate surface area is 103 Å². The van der Waals surface area contributed by atoms with Gasteiger partial charge in [0.2, 0.25) is 0 Å². The standard InChI is InChI=1S/C12H9Cl2NO/c13-9-5-4-8(7-10(9)14)12(16)11-3-1-2-6-15-11/h1-7,12,16H. The third-order valence-electron chi connectivity index (χ3n) is 2.23. The maximum atomic E-state index is 10.0. The average molecular weight is 254 g/mol. The van der Waals surface area contributed by atoms with Crippen molar-refractivity contribution in [3.63, 3.8) is 0 Å². The molecule has 0 bridgehead atoms. The van der Waals surface area contributed by atoms with Gasteiger partial charge in [0.15, 0.2) is 0 Å². The van der Waals surface area contributed by atoms with Gasteiger partial charge in [-0.1, -0.05) is 35.3 Å². The molecule has 0 amide bonds. The molecule has 0 fully saturated rings. The molecule has 0 aliphatic carbocycles. The molecule has 4 heteroatoms. The van der Waals surface area contributed by atoms with E-state index in [2.05, 4.69) is 4.98 Å². The van der Waals surface area contributed by atoms with E-state index in [1.165, 1.54) is 0 Å². The first-order valence-corrected chi connectivity index (χ1v) is 5.48. The second-order valence-corrected chi connectivity index (χ2v) is 4.15. The van der Waals surface area contributed by atoms with Gasteiger partial charge in [-0.15, -0.1) is 0 Å². The Hall–Kier alpha value is -1.09. The second kappa shape index (κ2) is 4.83. The van der Waals surface area contributed by atoms with E-state index in [-0.39, 0.29) is 0 Å². The van der Waals surface area contributed by atoms with Crippen LogP contribution in [-0.2, 0) is 0 Å². The normalized spacial score (nSPS) is 12.4. The summed E-state index contributed by atoms with van der Waals surface area (Å²) in [4.78, 5) is 4.08. The van der Waals surface area contributed by atoms with Crippen molar-refractivity contribution >= 4 is 23.2 Å². The zero-order chi connectivity index (χ0) is 11.5. The summed E-state index contributed by atoms with van der Waals surface area (Å²) < 4.78 is 0. The summed E-state index contributed by atoms with van der Waals surface area (Å²) >= 11 is 11.7. The van der Waals surface area contributed by atoms with Crippen molar-refractivity contribution in [1.29, 1.82) is 0 Å². The number of aliphatic hydroxyl groups is 1. The predicted octanol–water partition coefficient (Wildman–Crippen LogP) is 3.47. The fourth-order valence-electron chi connectivity index (χ4n) is 1.39. The molecule has 1 aromatic carbocycles.